The van der Waals surface area contributed by atoms with Gasteiger partial charge in [-0.15, -0.1) is 0 Å². The molecule has 2 N–H and O–H groups in total. The van der Waals surface area contributed by atoms with E-state index in [1.807, 2.05) is 13.8 Å². The number of carbonyl (C=O) groups excluding carboxylic acids is 1. The van der Waals surface area contributed by atoms with Crippen LogP contribution in [0.15, 0.2) is 0 Å². The van der Waals surface area contributed by atoms with Gasteiger partial charge in [0.1, 0.15) is 6.04 Å². The molecule has 0 aliphatic heterocycles. The van der Waals surface area contributed by atoms with Gasteiger partial charge in [0.05, 0.1) is 0 Å². The summed E-state index contributed by atoms with van der Waals surface area (Å²) < 4.78 is 0. The number of carboxylic acids is 1. The van der Waals surface area contributed by atoms with Crippen LogP contribution < -0.4 is 5.32 Å². The molecule has 2 atom stereocenters. The highest BCUT2D eigenvalue weighted by molar-refractivity contribution is 5.85. The van der Waals surface area contributed by atoms with E-state index in [2.05, 4.69) is 5.32 Å². The Morgan fingerprint density at radius 2 is 1.88 bits per heavy atom. The number of carboxylic acid groups (broad SMARTS) is 1. The van der Waals surface area contributed by atoms with Crippen LogP contribution in [0.2, 0.25) is 0 Å². The first-order chi connectivity index (χ1) is 8.06. The van der Waals surface area contributed by atoms with Crippen molar-refractivity contribution in [2.45, 2.75) is 58.4 Å². The minimum Gasteiger partial charge on any atom is -0.480 e. The van der Waals surface area contributed by atoms with Crippen LogP contribution in [0.1, 0.15) is 52.4 Å². The van der Waals surface area contributed by atoms with E-state index in [1.54, 1.807) is 0 Å². The van der Waals surface area contributed by atoms with Crippen LogP contribution in [0, 0.1) is 11.8 Å². The summed E-state index contributed by atoms with van der Waals surface area (Å²) in [4.78, 5) is 23.1. The minimum atomic E-state index is -0.927. The van der Waals surface area contributed by atoms with Crippen molar-refractivity contribution in [3.05, 3.63) is 0 Å². The molecule has 0 spiro atoms. The van der Waals surface area contributed by atoms with Gasteiger partial charge in [-0.1, -0.05) is 39.5 Å². The molecule has 1 aliphatic carbocycles. The molecule has 98 valence electrons. The van der Waals surface area contributed by atoms with E-state index >= 15 is 0 Å². The number of amides is 1. The monoisotopic (exact) mass is 241 g/mol. The van der Waals surface area contributed by atoms with Gasteiger partial charge in [-0.25, -0.2) is 4.79 Å². The number of hydrogen-bond donors (Lipinski definition) is 2. The maximum atomic E-state index is 12.0. The maximum absolute atomic E-state index is 12.0. The molecule has 1 rings (SSSR count). The first-order valence-corrected chi connectivity index (χ1v) is 6.59. The SMILES string of the molecule is CCC(C)C(NC(=O)C1CCCCC1)C(=O)O. The van der Waals surface area contributed by atoms with Crippen LogP contribution in [-0.2, 0) is 9.59 Å². The molecule has 4 nitrogen and oxygen atoms in total. The van der Waals surface area contributed by atoms with Crippen LogP contribution in [0.25, 0.3) is 0 Å². The first kappa shape index (κ1) is 14.0. The lowest BCUT2D eigenvalue weighted by molar-refractivity contribution is -0.144. The van der Waals surface area contributed by atoms with E-state index in [0.29, 0.717) is 0 Å². The Morgan fingerprint density at radius 3 is 2.35 bits per heavy atom. The van der Waals surface area contributed by atoms with Crippen molar-refractivity contribution in [3.8, 4) is 0 Å². The third kappa shape index (κ3) is 4.02. The lowest BCUT2D eigenvalue weighted by Crippen LogP contribution is -2.47. The number of aliphatic carboxylic acids is 1. The number of carbonyl (C=O) groups is 2. The molecule has 1 saturated carbocycles. The van der Waals surface area contributed by atoms with E-state index in [0.717, 1.165) is 32.1 Å². The van der Waals surface area contributed by atoms with Gasteiger partial charge < -0.3 is 10.4 Å². The second-order valence-electron chi connectivity index (χ2n) is 5.04. The Bertz CT molecular complexity index is 272. The Labute approximate surface area is 103 Å². The number of rotatable bonds is 5. The molecule has 1 aliphatic rings. The molecule has 17 heavy (non-hydrogen) atoms. The van der Waals surface area contributed by atoms with Gasteiger partial charge >= 0.3 is 5.97 Å². The molecule has 0 aromatic heterocycles. The van der Waals surface area contributed by atoms with Crippen LogP contribution in [0.3, 0.4) is 0 Å². The number of nitrogens with one attached hydrogen (secondary N) is 1. The Hall–Kier alpha value is -1.06. The molecule has 0 aromatic carbocycles. The van der Waals surface area contributed by atoms with Crippen molar-refractivity contribution in [1.82, 2.24) is 5.32 Å². The molecule has 0 radical (unpaired) electrons. The molecular weight excluding hydrogens is 218 g/mol. The maximum Gasteiger partial charge on any atom is 0.326 e. The predicted octanol–water partition coefficient (Wildman–Crippen LogP) is 2.18. The smallest absolute Gasteiger partial charge is 0.326 e. The first-order valence-electron chi connectivity index (χ1n) is 6.59. The van der Waals surface area contributed by atoms with Gasteiger partial charge in [0.15, 0.2) is 0 Å². The Balaban J connectivity index is 2.53. The van der Waals surface area contributed by atoms with E-state index in [9.17, 15) is 9.59 Å². The number of hydrogen-bond acceptors (Lipinski definition) is 2. The van der Waals surface area contributed by atoms with Crippen molar-refractivity contribution in [1.29, 1.82) is 0 Å². The summed E-state index contributed by atoms with van der Waals surface area (Å²) >= 11 is 0. The zero-order valence-electron chi connectivity index (χ0n) is 10.7. The standard InChI is InChI=1S/C13H23NO3/c1-3-9(2)11(13(16)17)14-12(15)10-7-5-4-6-8-10/h9-11H,3-8H2,1-2H3,(H,14,15)(H,16,17). The molecule has 4 heteroatoms. The van der Waals surface area contributed by atoms with E-state index in [1.165, 1.54) is 6.42 Å². The summed E-state index contributed by atoms with van der Waals surface area (Å²) in [7, 11) is 0. The fraction of sp³-hybridized carbons (Fsp3) is 0.846. The summed E-state index contributed by atoms with van der Waals surface area (Å²) in [5.41, 5.74) is 0. The fourth-order valence-electron chi connectivity index (χ4n) is 2.32. The van der Waals surface area contributed by atoms with Gasteiger partial charge in [-0.2, -0.15) is 0 Å². The van der Waals surface area contributed by atoms with Gasteiger partial charge in [0.25, 0.3) is 0 Å². The minimum absolute atomic E-state index is 0.0228. The molecule has 0 heterocycles. The van der Waals surface area contributed by atoms with Gasteiger partial charge in [0, 0.05) is 5.92 Å². The summed E-state index contributed by atoms with van der Waals surface area (Å²) in [6, 6.07) is -0.741. The van der Waals surface area contributed by atoms with Gasteiger partial charge in [-0.3, -0.25) is 4.79 Å². The zero-order valence-corrected chi connectivity index (χ0v) is 10.7. The second kappa shape index (κ2) is 6.62. The lowest BCUT2D eigenvalue weighted by atomic mass is 9.88. The molecule has 0 bridgehead atoms. The highest BCUT2D eigenvalue weighted by atomic mass is 16.4. The van der Waals surface area contributed by atoms with Gasteiger partial charge in [-0.05, 0) is 18.8 Å². The third-order valence-electron chi connectivity index (χ3n) is 3.75. The van der Waals surface area contributed by atoms with E-state index in [4.69, 9.17) is 5.11 Å². The van der Waals surface area contributed by atoms with Crippen molar-refractivity contribution < 1.29 is 14.7 Å². The lowest BCUT2D eigenvalue weighted by Gasteiger charge is -2.25. The molecule has 0 aromatic rings. The van der Waals surface area contributed by atoms with Crippen LogP contribution in [0.4, 0.5) is 0 Å². The summed E-state index contributed by atoms with van der Waals surface area (Å²) in [6.45, 7) is 3.80. The Kier molecular flexibility index (Phi) is 5.45. The van der Waals surface area contributed by atoms with Crippen molar-refractivity contribution in [2.24, 2.45) is 11.8 Å². The van der Waals surface area contributed by atoms with Gasteiger partial charge in [0.2, 0.25) is 5.91 Å². The average Bonchev–Trinajstić information content (AvgIpc) is 2.35. The molecule has 1 amide bonds. The van der Waals surface area contributed by atoms with Crippen LogP contribution in [-0.4, -0.2) is 23.0 Å². The van der Waals surface area contributed by atoms with Crippen LogP contribution >= 0.6 is 0 Å². The summed E-state index contributed by atoms with van der Waals surface area (Å²) in [5, 5.41) is 11.8. The quantitative estimate of drug-likeness (QED) is 0.775. The second-order valence-corrected chi connectivity index (χ2v) is 5.04. The summed E-state index contributed by atoms with van der Waals surface area (Å²) in [6.07, 6.45) is 5.91. The molecule has 1 fully saturated rings. The van der Waals surface area contributed by atoms with E-state index < -0.39 is 12.0 Å². The van der Waals surface area contributed by atoms with Crippen molar-refractivity contribution >= 4 is 11.9 Å². The third-order valence-corrected chi connectivity index (χ3v) is 3.75. The highest BCUT2D eigenvalue weighted by Gasteiger charge is 2.29. The fourth-order valence-corrected chi connectivity index (χ4v) is 2.32. The summed E-state index contributed by atoms with van der Waals surface area (Å²) in [5.74, 6) is -1.00. The van der Waals surface area contributed by atoms with Crippen LogP contribution in [0.5, 0.6) is 0 Å². The molecule has 2 unspecified atom stereocenters. The predicted molar refractivity (Wildman–Crippen MR) is 65.6 cm³/mol. The topological polar surface area (TPSA) is 66.4 Å². The van der Waals surface area contributed by atoms with E-state index in [-0.39, 0.29) is 17.7 Å². The van der Waals surface area contributed by atoms with Crippen molar-refractivity contribution in [2.75, 3.05) is 0 Å². The average molecular weight is 241 g/mol. The highest BCUT2D eigenvalue weighted by Crippen LogP contribution is 2.24. The zero-order chi connectivity index (χ0) is 12.8. The largest absolute Gasteiger partial charge is 0.480 e. The Morgan fingerprint density at radius 1 is 1.29 bits per heavy atom. The molecular formula is C13H23NO3. The van der Waals surface area contributed by atoms with Crippen molar-refractivity contribution in [3.63, 3.8) is 0 Å². The molecule has 0 saturated heterocycles. The normalized spacial score (nSPS) is 20.6.